The zero-order valence-electron chi connectivity index (χ0n) is 19.2. The van der Waals surface area contributed by atoms with Gasteiger partial charge in [0.1, 0.15) is 13.2 Å². The number of fused-ring (bicyclic) bond motifs is 1. The molecule has 1 aliphatic rings. The Bertz CT molecular complexity index is 1180. The highest BCUT2D eigenvalue weighted by Crippen LogP contribution is 2.32. The van der Waals surface area contributed by atoms with Gasteiger partial charge in [-0.25, -0.2) is 0 Å². The predicted octanol–water partition coefficient (Wildman–Crippen LogP) is 3.67. The Morgan fingerprint density at radius 1 is 0.829 bits per heavy atom. The van der Waals surface area contributed by atoms with Crippen molar-refractivity contribution in [3.8, 4) is 11.5 Å². The second kappa shape index (κ2) is 11.5. The van der Waals surface area contributed by atoms with E-state index in [2.05, 4.69) is 16.0 Å². The van der Waals surface area contributed by atoms with Crippen LogP contribution in [0.3, 0.4) is 0 Å². The van der Waals surface area contributed by atoms with Gasteiger partial charge in [0, 0.05) is 23.1 Å². The van der Waals surface area contributed by atoms with Crippen LogP contribution < -0.4 is 25.4 Å². The third-order valence-corrected chi connectivity index (χ3v) is 6.05. The molecule has 0 saturated carbocycles. The fraction of sp³-hybridized carbons (Fsp3) is 0.240. The van der Waals surface area contributed by atoms with E-state index in [1.165, 1.54) is 11.3 Å². The molecule has 0 unspecified atom stereocenters. The fourth-order valence-corrected chi connectivity index (χ4v) is 4.06. The predicted molar refractivity (Wildman–Crippen MR) is 136 cm³/mol. The molecule has 2 aromatic carbocycles. The van der Waals surface area contributed by atoms with Crippen LogP contribution in [0.25, 0.3) is 0 Å². The van der Waals surface area contributed by atoms with Crippen molar-refractivity contribution in [1.82, 2.24) is 4.90 Å². The molecule has 3 N–H and O–H groups in total. The second-order valence-electron chi connectivity index (χ2n) is 7.77. The Kier molecular flexibility index (Phi) is 7.96. The van der Waals surface area contributed by atoms with Crippen LogP contribution in [-0.2, 0) is 9.59 Å². The molecule has 0 radical (unpaired) electrons. The SMILES string of the molecule is CCN(CC(=O)Nc1ccc(NC(=O)c2cccs2)cc1)CC(=O)Nc1ccc2c(c1)OCCO2. The summed E-state index contributed by atoms with van der Waals surface area (Å²) < 4.78 is 11.0. The summed E-state index contributed by atoms with van der Waals surface area (Å²) in [6.45, 7) is 3.50. The Hall–Kier alpha value is -3.89. The van der Waals surface area contributed by atoms with Crippen LogP contribution in [0.4, 0.5) is 17.1 Å². The molecule has 3 aromatic rings. The van der Waals surface area contributed by atoms with Crippen molar-refractivity contribution in [3.63, 3.8) is 0 Å². The van der Waals surface area contributed by atoms with Crippen LogP contribution in [0.5, 0.6) is 11.5 Å². The monoisotopic (exact) mass is 494 g/mol. The van der Waals surface area contributed by atoms with Gasteiger partial charge in [-0.05, 0) is 54.4 Å². The highest BCUT2D eigenvalue weighted by molar-refractivity contribution is 7.12. The van der Waals surface area contributed by atoms with Gasteiger partial charge in [0.15, 0.2) is 11.5 Å². The van der Waals surface area contributed by atoms with E-state index in [1.54, 1.807) is 53.4 Å². The van der Waals surface area contributed by atoms with Gasteiger partial charge in [0.2, 0.25) is 11.8 Å². The summed E-state index contributed by atoms with van der Waals surface area (Å²) in [7, 11) is 0. The van der Waals surface area contributed by atoms with Crippen LogP contribution in [0.15, 0.2) is 60.0 Å². The van der Waals surface area contributed by atoms with E-state index in [9.17, 15) is 14.4 Å². The number of anilines is 3. The highest BCUT2D eigenvalue weighted by Gasteiger charge is 2.16. The summed E-state index contributed by atoms with van der Waals surface area (Å²) in [5.41, 5.74) is 1.83. The van der Waals surface area contributed by atoms with E-state index in [0.717, 1.165) is 0 Å². The molecule has 3 amide bonds. The molecule has 0 saturated heterocycles. The van der Waals surface area contributed by atoms with Crippen LogP contribution in [0.2, 0.25) is 0 Å². The van der Waals surface area contributed by atoms with Crippen molar-refractivity contribution in [1.29, 1.82) is 0 Å². The minimum absolute atomic E-state index is 0.0575. The standard InChI is InChI=1S/C25H26N4O5S/c1-2-29(16-24(31)27-19-9-10-20-21(14-19)34-12-11-33-20)15-23(30)26-17-5-7-18(8-6-17)28-25(32)22-4-3-13-35-22/h3-10,13-14H,2,11-12,15-16H2,1H3,(H,26,30)(H,27,31)(H,28,32). The molecule has 35 heavy (non-hydrogen) atoms. The van der Waals surface area contributed by atoms with Gasteiger partial charge in [0.05, 0.1) is 18.0 Å². The first-order valence-electron chi connectivity index (χ1n) is 11.2. The van der Waals surface area contributed by atoms with Gasteiger partial charge in [-0.1, -0.05) is 13.0 Å². The third kappa shape index (κ3) is 6.81. The molecular weight excluding hydrogens is 468 g/mol. The van der Waals surface area contributed by atoms with E-state index in [0.29, 0.717) is 53.2 Å². The van der Waals surface area contributed by atoms with Crippen molar-refractivity contribution < 1.29 is 23.9 Å². The van der Waals surface area contributed by atoms with Crippen molar-refractivity contribution >= 4 is 46.1 Å². The van der Waals surface area contributed by atoms with E-state index < -0.39 is 0 Å². The molecule has 9 nitrogen and oxygen atoms in total. The average Bonchev–Trinajstić information content (AvgIpc) is 3.40. The molecule has 182 valence electrons. The quantitative estimate of drug-likeness (QED) is 0.419. The molecule has 2 heterocycles. The van der Waals surface area contributed by atoms with Crippen LogP contribution >= 0.6 is 11.3 Å². The van der Waals surface area contributed by atoms with E-state index in [4.69, 9.17) is 9.47 Å². The smallest absolute Gasteiger partial charge is 0.265 e. The Morgan fingerprint density at radius 3 is 2.06 bits per heavy atom. The lowest BCUT2D eigenvalue weighted by molar-refractivity contribution is -0.119. The number of rotatable bonds is 9. The molecule has 10 heteroatoms. The number of carbonyl (C=O) groups is 3. The molecule has 0 atom stereocenters. The molecule has 4 rings (SSSR count). The number of likely N-dealkylation sites (N-methyl/N-ethyl adjacent to an activating group) is 1. The summed E-state index contributed by atoms with van der Waals surface area (Å²) >= 11 is 1.37. The van der Waals surface area contributed by atoms with E-state index in [1.807, 2.05) is 18.4 Å². The highest BCUT2D eigenvalue weighted by atomic mass is 32.1. The molecular formula is C25H26N4O5S. The lowest BCUT2D eigenvalue weighted by atomic mass is 10.2. The van der Waals surface area contributed by atoms with E-state index in [-0.39, 0.29) is 30.8 Å². The zero-order valence-corrected chi connectivity index (χ0v) is 20.0. The van der Waals surface area contributed by atoms with Crippen LogP contribution in [-0.4, -0.2) is 55.5 Å². The number of nitrogens with zero attached hydrogens (tertiary/aromatic N) is 1. The maximum atomic E-state index is 12.5. The fourth-order valence-electron chi connectivity index (χ4n) is 3.45. The number of thiophene rings is 1. The molecule has 1 aromatic heterocycles. The van der Waals surface area contributed by atoms with E-state index >= 15 is 0 Å². The minimum Gasteiger partial charge on any atom is -0.486 e. The van der Waals surface area contributed by atoms with Gasteiger partial charge < -0.3 is 25.4 Å². The summed E-state index contributed by atoms with van der Waals surface area (Å²) in [6, 6.07) is 15.7. The maximum absolute atomic E-state index is 12.5. The van der Waals surface area contributed by atoms with Gasteiger partial charge in [-0.15, -0.1) is 11.3 Å². The molecule has 0 aliphatic carbocycles. The topological polar surface area (TPSA) is 109 Å². The van der Waals surface area contributed by atoms with Gasteiger partial charge in [-0.2, -0.15) is 0 Å². The molecule has 0 bridgehead atoms. The van der Waals surface area contributed by atoms with Crippen molar-refractivity contribution in [3.05, 3.63) is 64.9 Å². The zero-order chi connectivity index (χ0) is 24.6. The number of carbonyl (C=O) groups excluding carboxylic acids is 3. The molecule has 1 aliphatic heterocycles. The van der Waals surface area contributed by atoms with Gasteiger partial charge >= 0.3 is 0 Å². The normalized spacial score (nSPS) is 12.2. The summed E-state index contributed by atoms with van der Waals surface area (Å²) in [4.78, 5) is 39.5. The van der Waals surface area contributed by atoms with Crippen LogP contribution in [0, 0.1) is 0 Å². The van der Waals surface area contributed by atoms with Gasteiger partial charge in [-0.3, -0.25) is 19.3 Å². The number of benzene rings is 2. The number of hydrogen-bond acceptors (Lipinski definition) is 7. The first kappa shape index (κ1) is 24.2. The van der Waals surface area contributed by atoms with Crippen molar-refractivity contribution in [2.75, 3.05) is 48.8 Å². The van der Waals surface area contributed by atoms with Crippen LogP contribution in [0.1, 0.15) is 16.6 Å². The first-order valence-corrected chi connectivity index (χ1v) is 12.0. The number of nitrogens with one attached hydrogen (secondary N) is 3. The largest absolute Gasteiger partial charge is 0.486 e. The Balaban J connectivity index is 1.25. The number of hydrogen-bond donors (Lipinski definition) is 3. The maximum Gasteiger partial charge on any atom is 0.265 e. The first-order chi connectivity index (χ1) is 17.0. The number of ether oxygens (including phenoxy) is 2. The molecule has 0 fully saturated rings. The summed E-state index contributed by atoms with van der Waals surface area (Å²) in [5.74, 6) is 0.596. The Morgan fingerprint density at radius 2 is 1.43 bits per heavy atom. The van der Waals surface area contributed by atoms with Crippen molar-refractivity contribution in [2.24, 2.45) is 0 Å². The minimum atomic E-state index is -0.241. The average molecular weight is 495 g/mol. The summed E-state index contributed by atoms with van der Waals surface area (Å²) in [6.07, 6.45) is 0. The van der Waals surface area contributed by atoms with Gasteiger partial charge in [0.25, 0.3) is 5.91 Å². The number of amides is 3. The third-order valence-electron chi connectivity index (χ3n) is 5.18. The Labute approximate surface area is 207 Å². The second-order valence-corrected chi connectivity index (χ2v) is 8.71. The molecule has 0 spiro atoms. The summed E-state index contributed by atoms with van der Waals surface area (Å²) in [5, 5.41) is 10.3. The lowest BCUT2D eigenvalue weighted by Crippen LogP contribution is -2.38. The van der Waals surface area contributed by atoms with Crippen molar-refractivity contribution in [2.45, 2.75) is 6.92 Å². The lowest BCUT2D eigenvalue weighted by Gasteiger charge is -2.21.